The van der Waals surface area contributed by atoms with E-state index >= 15 is 0 Å². The minimum Gasteiger partial charge on any atom is -0.462 e. The highest BCUT2D eigenvalue weighted by Gasteiger charge is 2.27. The monoisotopic (exact) mass is 297 g/mol. The van der Waals surface area contributed by atoms with E-state index in [1.165, 1.54) is 6.92 Å². The van der Waals surface area contributed by atoms with Crippen LogP contribution < -0.4 is 0 Å². The minimum absolute atomic E-state index is 0.0343. The van der Waals surface area contributed by atoms with Crippen molar-refractivity contribution in [3.05, 3.63) is 27.7 Å². The van der Waals surface area contributed by atoms with Gasteiger partial charge < -0.3 is 4.74 Å². The molecule has 1 rings (SSSR count). The molecule has 0 unspecified atom stereocenters. The van der Waals surface area contributed by atoms with Crippen LogP contribution in [-0.4, -0.2) is 17.6 Å². The highest BCUT2D eigenvalue weighted by Crippen LogP contribution is 2.31. The first kappa shape index (κ1) is 13.0. The van der Waals surface area contributed by atoms with Crippen molar-refractivity contribution in [1.82, 2.24) is 4.98 Å². The third-order valence-corrected chi connectivity index (χ3v) is 2.35. The molecule has 0 saturated carbocycles. The van der Waals surface area contributed by atoms with Gasteiger partial charge in [-0.1, -0.05) is 0 Å². The van der Waals surface area contributed by atoms with Gasteiger partial charge in [0, 0.05) is 10.7 Å². The molecule has 1 heterocycles. The molecule has 16 heavy (non-hydrogen) atoms. The molecular weight excluding hydrogens is 291 g/mol. The summed E-state index contributed by atoms with van der Waals surface area (Å²) in [4.78, 5) is 14.5. The summed E-state index contributed by atoms with van der Waals surface area (Å²) in [6, 6.07) is 0. The van der Waals surface area contributed by atoms with Crippen molar-refractivity contribution in [3.8, 4) is 0 Å². The molecule has 0 aliphatic rings. The first-order valence-electron chi connectivity index (χ1n) is 4.28. The van der Waals surface area contributed by atoms with Crippen molar-refractivity contribution in [1.29, 1.82) is 0 Å². The molecule has 0 radical (unpaired) electrons. The van der Waals surface area contributed by atoms with Crippen LogP contribution in [0, 0.1) is 5.95 Å². The highest BCUT2D eigenvalue weighted by atomic mass is 79.9. The third kappa shape index (κ3) is 2.52. The second-order valence-electron chi connectivity index (χ2n) is 2.71. The van der Waals surface area contributed by atoms with E-state index in [-0.39, 0.29) is 11.1 Å². The van der Waals surface area contributed by atoms with Gasteiger partial charge in [-0.05, 0) is 22.9 Å². The molecule has 3 nitrogen and oxygen atoms in total. The fourth-order valence-corrected chi connectivity index (χ4v) is 1.56. The zero-order valence-corrected chi connectivity index (χ0v) is 9.72. The van der Waals surface area contributed by atoms with Gasteiger partial charge in [-0.3, -0.25) is 0 Å². The number of pyridine rings is 1. The number of aromatic nitrogens is 1. The lowest BCUT2D eigenvalue weighted by Gasteiger charge is -2.10. The lowest BCUT2D eigenvalue weighted by molar-refractivity contribution is 0.0507. The Bertz CT molecular complexity index is 412. The van der Waals surface area contributed by atoms with Crippen LogP contribution in [0.5, 0.6) is 0 Å². The van der Waals surface area contributed by atoms with Gasteiger partial charge >= 0.3 is 5.97 Å². The number of esters is 1. The van der Waals surface area contributed by atoms with E-state index in [0.717, 1.165) is 6.20 Å². The number of rotatable bonds is 3. The summed E-state index contributed by atoms with van der Waals surface area (Å²) < 4.78 is 42.8. The van der Waals surface area contributed by atoms with Gasteiger partial charge in [0.05, 0.1) is 12.2 Å². The van der Waals surface area contributed by atoms with Gasteiger partial charge in [0.15, 0.2) is 0 Å². The molecule has 1 aromatic heterocycles. The molecule has 7 heteroatoms. The van der Waals surface area contributed by atoms with Gasteiger partial charge in [0.2, 0.25) is 5.95 Å². The summed E-state index contributed by atoms with van der Waals surface area (Å²) >= 11 is 2.78. The fourth-order valence-electron chi connectivity index (χ4n) is 1.09. The van der Waals surface area contributed by atoms with E-state index < -0.39 is 29.5 Å². The molecular formula is C9H7BrF3NO2. The smallest absolute Gasteiger partial charge is 0.343 e. The van der Waals surface area contributed by atoms with E-state index in [1.54, 1.807) is 0 Å². The number of alkyl halides is 2. The first-order chi connectivity index (χ1) is 7.49. The molecule has 0 aromatic carbocycles. The zero-order valence-electron chi connectivity index (χ0n) is 8.14. The minimum atomic E-state index is -2.99. The van der Waals surface area contributed by atoms with Crippen LogP contribution in [0.1, 0.15) is 29.3 Å². The van der Waals surface area contributed by atoms with E-state index in [0.29, 0.717) is 0 Å². The number of halogens is 4. The maximum absolute atomic E-state index is 13.2. The molecule has 88 valence electrons. The fraction of sp³-hybridized carbons (Fsp3) is 0.333. The predicted octanol–water partition coefficient (Wildman–Crippen LogP) is 3.10. The van der Waals surface area contributed by atoms with Crippen molar-refractivity contribution in [2.24, 2.45) is 0 Å². The van der Waals surface area contributed by atoms with Crippen LogP contribution in [0.2, 0.25) is 0 Å². The zero-order chi connectivity index (χ0) is 12.3. The molecule has 0 fully saturated rings. The van der Waals surface area contributed by atoms with Crippen molar-refractivity contribution in [3.63, 3.8) is 0 Å². The Balaban J connectivity index is 3.34. The largest absolute Gasteiger partial charge is 0.462 e. The summed E-state index contributed by atoms with van der Waals surface area (Å²) in [5.41, 5.74) is -1.57. The Kier molecular flexibility index (Phi) is 4.28. The van der Waals surface area contributed by atoms with Gasteiger partial charge in [0.1, 0.15) is 5.56 Å². The Morgan fingerprint density at radius 1 is 1.62 bits per heavy atom. The molecule has 0 saturated heterocycles. The number of carbonyl (C=O) groups excluding carboxylic acids is 1. The van der Waals surface area contributed by atoms with E-state index in [9.17, 15) is 18.0 Å². The highest BCUT2D eigenvalue weighted by molar-refractivity contribution is 9.10. The maximum Gasteiger partial charge on any atom is 0.343 e. The van der Waals surface area contributed by atoms with E-state index in [2.05, 4.69) is 25.7 Å². The number of hydrogen-bond acceptors (Lipinski definition) is 3. The predicted molar refractivity (Wildman–Crippen MR) is 52.8 cm³/mol. The van der Waals surface area contributed by atoms with Gasteiger partial charge in [0.25, 0.3) is 6.43 Å². The van der Waals surface area contributed by atoms with Gasteiger partial charge in [-0.25, -0.2) is 18.6 Å². The number of nitrogens with zero attached hydrogens (tertiary/aromatic N) is 1. The average molecular weight is 298 g/mol. The van der Waals surface area contributed by atoms with Crippen LogP contribution in [0.15, 0.2) is 10.7 Å². The number of ether oxygens (including phenoxy) is 1. The molecule has 0 atom stereocenters. The number of carbonyl (C=O) groups is 1. The molecule has 0 amide bonds. The normalized spacial score (nSPS) is 10.6. The van der Waals surface area contributed by atoms with Crippen molar-refractivity contribution in [2.45, 2.75) is 13.3 Å². The first-order valence-corrected chi connectivity index (χ1v) is 5.07. The van der Waals surface area contributed by atoms with Gasteiger partial charge in [-0.2, -0.15) is 4.39 Å². The maximum atomic E-state index is 13.2. The Labute approximate surface area is 97.8 Å². The van der Waals surface area contributed by atoms with Crippen molar-refractivity contribution < 1.29 is 22.7 Å². The summed E-state index contributed by atoms with van der Waals surface area (Å²) in [5, 5.41) is 0. The van der Waals surface area contributed by atoms with Crippen LogP contribution in [0.25, 0.3) is 0 Å². The lowest BCUT2D eigenvalue weighted by atomic mass is 10.1. The molecule has 0 aliphatic heterocycles. The second-order valence-corrected chi connectivity index (χ2v) is 3.56. The standard InChI is InChI=1S/C9H7BrF3NO2/c1-2-16-9(15)6-5(7(11)12)4(10)3-14-8(6)13/h3,7H,2H2,1H3. The third-order valence-electron chi connectivity index (χ3n) is 1.72. The van der Waals surface area contributed by atoms with Crippen LogP contribution in [0.4, 0.5) is 13.2 Å². The Morgan fingerprint density at radius 3 is 2.75 bits per heavy atom. The second kappa shape index (κ2) is 5.29. The topological polar surface area (TPSA) is 39.2 Å². The average Bonchev–Trinajstić information content (AvgIpc) is 2.20. The van der Waals surface area contributed by atoms with E-state index in [4.69, 9.17) is 0 Å². The van der Waals surface area contributed by atoms with Gasteiger partial charge in [-0.15, -0.1) is 0 Å². The SMILES string of the molecule is CCOC(=O)c1c(F)ncc(Br)c1C(F)F. The number of hydrogen-bond donors (Lipinski definition) is 0. The van der Waals surface area contributed by atoms with E-state index in [1.807, 2.05) is 0 Å². The Morgan fingerprint density at radius 2 is 2.25 bits per heavy atom. The molecule has 0 spiro atoms. The van der Waals surface area contributed by atoms with Crippen LogP contribution in [-0.2, 0) is 4.74 Å². The van der Waals surface area contributed by atoms with Crippen LogP contribution in [0.3, 0.4) is 0 Å². The summed E-state index contributed by atoms with van der Waals surface area (Å²) in [7, 11) is 0. The lowest BCUT2D eigenvalue weighted by Crippen LogP contribution is -2.13. The molecule has 1 aromatic rings. The molecule has 0 aliphatic carbocycles. The van der Waals surface area contributed by atoms with Crippen LogP contribution >= 0.6 is 15.9 Å². The van der Waals surface area contributed by atoms with Crippen molar-refractivity contribution in [2.75, 3.05) is 6.61 Å². The van der Waals surface area contributed by atoms with Crippen molar-refractivity contribution >= 4 is 21.9 Å². The molecule has 0 N–H and O–H groups in total. The quantitative estimate of drug-likeness (QED) is 0.636. The Hall–Kier alpha value is -1.11. The summed E-state index contributed by atoms with van der Waals surface area (Å²) in [6.45, 7) is 1.46. The summed E-state index contributed by atoms with van der Waals surface area (Å²) in [6.07, 6.45) is -2.12. The molecule has 0 bridgehead atoms. The summed E-state index contributed by atoms with van der Waals surface area (Å²) in [5.74, 6) is -2.42.